The average molecular weight is 211 g/mol. The predicted octanol–water partition coefficient (Wildman–Crippen LogP) is 2.52. The number of rotatable bonds is 4. The standard InChI is InChI=1S/C11H11ClO2/c1-14-11-5-3-2-4-9(11)6-7-10(13)8-12/h2-7H,8H2,1H3/b7-6+. The van der Waals surface area contributed by atoms with E-state index >= 15 is 0 Å². The minimum Gasteiger partial charge on any atom is -0.496 e. The summed E-state index contributed by atoms with van der Waals surface area (Å²) >= 11 is 5.36. The van der Waals surface area contributed by atoms with Gasteiger partial charge in [0.05, 0.1) is 13.0 Å². The lowest BCUT2D eigenvalue weighted by Gasteiger charge is -2.02. The normalized spacial score (nSPS) is 10.4. The van der Waals surface area contributed by atoms with Gasteiger partial charge in [0.1, 0.15) is 5.75 Å². The number of hydrogen-bond donors (Lipinski definition) is 0. The first-order valence-corrected chi connectivity index (χ1v) is 4.71. The van der Waals surface area contributed by atoms with Crippen LogP contribution in [0.1, 0.15) is 5.56 Å². The fraction of sp³-hybridized carbons (Fsp3) is 0.182. The fourth-order valence-corrected chi connectivity index (χ4v) is 1.12. The highest BCUT2D eigenvalue weighted by molar-refractivity contribution is 6.29. The van der Waals surface area contributed by atoms with Crippen LogP contribution in [-0.2, 0) is 4.79 Å². The Kier molecular flexibility index (Phi) is 4.20. The lowest BCUT2D eigenvalue weighted by molar-refractivity contribution is -0.112. The van der Waals surface area contributed by atoms with E-state index in [1.165, 1.54) is 6.08 Å². The number of hydrogen-bond acceptors (Lipinski definition) is 2. The van der Waals surface area contributed by atoms with E-state index in [1.54, 1.807) is 13.2 Å². The van der Waals surface area contributed by atoms with Crippen LogP contribution in [0.15, 0.2) is 30.3 Å². The summed E-state index contributed by atoms with van der Waals surface area (Å²) in [6.45, 7) is 0. The van der Waals surface area contributed by atoms with Gasteiger partial charge in [0.2, 0.25) is 0 Å². The molecule has 2 nitrogen and oxygen atoms in total. The smallest absolute Gasteiger partial charge is 0.170 e. The molecule has 0 saturated heterocycles. The number of ether oxygens (including phenoxy) is 1. The van der Waals surface area contributed by atoms with Gasteiger partial charge in [-0.05, 0) is 18.2 Å². The zero-order valence-corrected chi connectivity index (χ0v) is 8.62. The first-order valence-electron chi connectivity index (χ1n) is 4.18. The summed E-state index contributed by atoms with van der Waals surface area (Å²) in [6.07, 6.45) is 3.15. The number of ketones is 1. The molecule has 0 aliphatic carbocycles. The number of para-hydroxylation sites is 1. The van der Waals surface area contributed by atoms with Crippen LogP contribution in [0.3, 0.4) is 0 Å². The molecule has 0 aliphatic rings. The number of carbonyl (C=O) groups is 1. The molecule has 0 aliphatic heterocycles. The molecule has 1 aromatic rings. The zero-order valence-electron chi connectivity index (χ0n) is 7.87. The molecule has 0 N–H and O–H groups in total. The molecule has 74 valence electrons. The van der Waals surface area contributed by atoms with E-state index in [0.29, 0.717) is 0 Å². The molecule has 1 aromatic carbocycles. The van der Waals surface area contributed by atoms with E-state index in [1.807, 2.05) is 24.3 Å². The van der Waals surface area contributed by atoms with Gasteiger partial charge in [-0.15, -0.1) is 11.6 Å². The summed E-state index contributed by atoms with van der Waals surface area (Å²) in [5, 5.41) is 0. The van der Waals surface area contributed by atoms with E-state index in [0.717, 1.165) is 11.3 Å². The minimum absolute atomic E-state index is 0.00560. The Morgan fingerprint density at radius 3 is 2.86 bits per heavy atom. The Labute approximate surface area is 88.1 Å². The van der Waals surface area contributed by atoms with Gasteiger partial charge in [-0.1, -0.05) is 18.2 Å². The maximum absolute atomic E-state index is 10.9. The molecular weight excluding hydrogens is 200 g/mol. The molecule has 0 aromatic heterocycles. The largest absolute Gasteiger partial charge is 0.496 e. The first-order chi connectivity index (χ1) is 6.77. The van der Waals surface area contributed by atoms with Gasteiger partial charge in [0.25, 0.3) is 0 Å². The first kappa shape index (κ1) is 10.8. The Balaban J connectivity index is 2.85. The Bertz CT molecular complexity index is 345. The van der Waals surface area contributed by atoms with Crippen molar-refractivity contribution < 1.29 is 9.53 Å². The highest BCUT2D eigenvalue weighted by Crippen LogP contribution is 2.18. The van der Waals surface area contributed by atoms with E-state index in [9.17, 15) is 4.79 Å². The number of benzene rings is 1. The molecule has 14 heavy (non-hydrogen) atoms. The van der Waals surface area contributed by atoms with Crippen LogP contribution in [0.25, 0.3) is 6.08 Å². The second-order valence-electron chi connectivity index (χ2n) is 2.68. The molecule has 1 rings (SSSR count). The lowest BCUT2D eigenvalue weighted by Crippen LogP contribution is -1.92. The predicted molar refractivity (Wildman–Crippen MR) is 57.8 cm³/mol. The lowest BCUT2D eigenvalue weighted by atomic mass is 10.2. The van der Waals surface area contributed by atoms with Crippen molar-refractivity contribution in [3.05, 3.63) is 35.9 Å². The van der Waals surface area contributed by atoms with E-state index in [2.05, 4.69) is 0 Å². The highest BCUT2D eigenvalue weighted by Gasteiger charge is 1.97. The van der Waals surface area contributed by atoms with Gasteiger partial charge in [0.15, 0.2) is 5.78 Å². The second-order valence-corrected chi connectivity index (χ2v) is 2.94. The average Bonchev–Trinajstić information content (AvgIpc) is 2.26. The van der Waals surface area contributed by atoms with E-state index in [4.69, 9.17) is 16.3 Å². The molecule has 0 saturated carbocycles. The summed E-state index contributed by atoms with van der Waals surface area (Å²) in [5.74, 6) is 0.634. The van der Waals surface area contributed by atoms with Crippen LogP contribution in [0, 0.1) is 0 Å². The number of halogens is 1. The second kappa shape index (κ2) is 5.45. The highest BCUT2D eigenvalue weighted by atomic mass is 35.5. The summed E-state index contributed by atoms with van der Waals surface area (Å²) in [7, 11) is 1.59. The maximum atomic E-state index is 10.9. The van der Waals surface area contributed by atoms with Crippen LogP contribution < -0.4 is 4.74 Å². The van der Waals surface area contributed by atoms with Crippen LogP contribution in [0.2, 0.25) is 0 Å². The summed E-state index contributed by atoms with van der Waals surface area (Å²) < 4.78 is 5.12. The van der Waals surface area contributed by atoms with Gasteiger partial charge < -0.3 is 4.74 Å². The van der Waals surface area contributed by atoms with Crippen LogP contribution >= 0.6 is 11.6 Å². The van der Waals surface area contributed by atoms with Crippen molar-refractivity contribution in [1.82, 2.24) is 0 Å². The van der Waals surface area contributed by atoms with Gasteiger partial charge in [-0.3, -0.25) is 4.79 Å². The van der Waals surface area contributed by atoms with Gasteiger partial charge in [0, 0.05) is 5.56 Å². The third-order valence-corrected chi connectivity index (χ3v) is 1.98. The topological polar surface area (TPSA) is 26.3 Å². The molecule has 0 unspecified atom stereocenters. The van der Waals surface area contributed by atoms with Crippen molar-refractivity contribution >= 4 is 23.5 Å². The number of allylic oxidation sites excluding steroid dienone is 1. The minimum atomic E-state index is -0.113. The van der Waals surface area contributed by atoms with Gasteiger partial charge in [-0.25, -0.2) is 0 Å². The van der Waals surface area contributed by atoms with Crippen LogP contribution in [0.5, 0.6) is 5.75 Å². The zero-order chi connectivity index (χ0) is 10.4. The third-order valence-electron chi connectivity index (χ3n) is 1.72. The van der Waals surface area contributed by atoms with Crippen molar-refractivity contribution in [3.8, 4) is 5.75 Å². The van der Waals surface area contributed by atoms with E-state index in [-0.39, 0.29) is 11.7 Å². The van der Waals surface area contributed by atoms with Crippen molar-refractivity contribution in [2.45, 2.75) is 0 Å². The van der Waals surface area contributed by atoms with Gasteiger partial charge >= 0.3 is 0 Å². The molecule has 0 atom stereocenters. The van der Waals surface area contributed by atoms with E-state index < -0.39 is 0 Å². The molecule has 0 amide bonds. The fourth-order valence-electron chi connectivity index (χ4n) is 1.03. The summed E-state index contributed by atoms with van der Waals surface area (Å²) in [4.78, 5) is 10.9. The Hall–Kier alpha value is -1.28. The molecule has 0 fully saturated rings. The SMILES string of the molecule is COc1ccccc1/C=C/C(=O)CCl. The Morgan fingerprint density at radius 2 is 2.21 bits per heavy atom. The monoisotopic (exact) mass is 210 g/mol. The molecule has 0 bridgehead atoms. The molecule has 0 heterocycles. The molecule has 3 heteroatoms. The van der Waals surface area contributed by atoms with Crippen molar-refractivity contribution in [3.63, 3.8) is 0 Å². The van der Waals surface area contributed by atoms with Crippen molar-refractivity contribution in [2.24, 2.45) is 0 Å². The molecule has 0 spiro atoms. The summed E-state index contributed by atoms with van der Waals surface area (Å²) in [5.41, 5.74) is 0.869. The van der Waals surface area contributed by atoms with Crippen LogP contribution in [0.4, 0.5) is 0 Å². The summed E-state index contributed by atoms with van der Waals surface area (Å²) in [6, 6.07) is 7.47. The maximum Gasteiger partial charge on any atom is 0.170 e. The molecular formula is C11H11ClO2. The van der Waals surface area contributed by atoms with Crippen molar-refractivity contribution in [1.29, 1.82) is 0 Å². The number of carbonyl (C=O) groups excluding carboxylic acids is 1. The van der Waals surface area contributed by atoms with Gasteiger partial charge in [-0.2, -0.15) is 0 Å². The number of alkyl halides is 1. The number of methoxy groups -OCH3 is 1. The van der Waals surface area contributed by atoms with Crippen molar-refractivity contribution in [2.75, 3.05) is 13.0 Å². The van der Waals surface area contributed by atoms with Crippen LogP contribution in [-0.4, -0.2) is 18.8 Å². The molecule has 0 radical (unpaired) electrons. The quantitative estimate of drug-likeness (QED) is 0.564. The third kappa shape index (κ3) is 2.89. The Morgan fingerprint density at radius 1 is 1.50 bits per heavy atom.